The molecule has 3 rings (SSSR count). The number of hydrogen-bond donors (Lipinski definition) is 0. The molecule has 0 nitrogen and oxygen atoms in total. The molecule has 0 aromatic carbocycles. The maximum atomic E-state index is 2.51. The second kappa shape index (κ2) is 1.07. The lowest BCUT2D eigenvalue weighted by molar-refractivity contribution is 1.11. The van der Waals surface area contributed by atoms with Crippen LogP contribution in [0.15, 0.2) is 12.2 Å². The quantitative estimate of drug-likeness (QED) is 0.352. The van der Waals surface area contributed by atoms with Gasteiger partial charge in [-0.25, -0.2) is 0 Å². The fourth-order valence-corrected chi connectivity index (χ4v) is 3.83. The summed E-state index contributed by atoms with van der Waals surface area (Å²) in [7, 11) is 1.27. The van der Waals surface area contributed by atoms with Crippen LogP contribution in [-0.2, 0) is 0 Å². The zero-order chi connectivity index (χ0) is 5.95. The Kier molecular flexibility index (Phi) is 0.562. The molecule has 0 amide bonds. The van der Waals surface area contributed by atoms with Gasteiger partial charge in [-0.05, 0) is 35.8 Å². The Morgan fingerprint density at radius 3 is 1.56 bits per heavy atom. The van der Waals surface area contributed by atoms with Crippen LogP contribution in [0.2, 0.25) is 10.1 Å². The summed E-state index contributed by atoms with van der Waals surface area (Å²) in [5, 5.41) is 1.58. The number of allylic oxidation sites excluding steroid dienone is 2. The molecular formula is C8H10Si. The van der Waals surface area contributed by atoms with Gasteiger partial charge in [0.25, 0.3) is 0 Å². The van der Waals surface area contributed by atoms with E-state index < -0.39 is 0 Å². The Balaban J connectivity index is 1.96. The Morgan fingerprint density at radius 1 is 0.889 bits per heavy atom. The van der Waals surface area contributed by atoms with Gasteiger partial charge in [-0.3, -0.25) is 0 Å². The van der Waals surface area contributed by atoms with Gasteiger partial charge in [-0.15, -0.1) is 0 Å². The molecule has 1 heteroatoms. The molecule has 2 radical (unpaired) electrons. The van der Waals surface area contributed by atoms with Crippen molar-refractivity contribution in [1.82, 2.24) is 0 Å². The van der Waals surface area contributed by atoms with Gasteiger partial charge in [0.15, 0.2) is 0 Å². The van der Waals surface area contributed by atoms with E-state index in [-0.39, 0.29) is 0 Å². The topological polar surface area (TPSA) is 0 Å². The third-order valence-corrected chi connectivity index (χ3v) is 5.13. The molecule has 0 unspecified atom stereocenters. The Labute approximate surface area is 58.2 Å². The summed E-state index contributed by atoms with van der Waals surface area (Å²) in [5.41, 5.74) is 0. The van der Waals surface area contributed by atoms with E-state index in [9.17, 15) is 0 Å². The van der Waals surface area contributed by atoms with Crippen molar-refractivity contribution in [2.75, 3.05) is 0 Å². The van der Waals surface area contributed by atoms with Crippen molar-refractivity contribution in [1.29, 1.82) is 0 Å². The minimum absolute atomic E-state index is 0.788. The van der Waals surface area contributed by atoms with Crippen molar-refractivity contribution < 1.29 is 0 Å². The molecule has 0 atom stereocenters. The van der Waals surface area contributed by atoms with E-state index in [4.69, 9.17) is 0 Å². The highest BCUT2D eigenvalue weighted by atomic mass is 28.2. The fraction of sp³-hybridized carbons (Fsp3) is 0.750. The molecule has 0 aromatic heterocycles. The third kappa shape index (κ3) is 0.536. The average Bonchev–Trinajstić information content (AvgIpc) is 2.62. The molecule has 46 valence electrons. The number of rotatable bonds is 0. The minimum Gasteiger partial charge on any atom is -0.0853 e. The molecule has 0 N–H and O–H groups in total. The summed E-state index contributed by atoms with van der Waals surface area (Å²) in [6, 6.07) is 0. The smallest absolute Gasteiger partial charge is 0.0635 e. The number of hydrogen-bond acceptors (Lipinski definition) is 0. The first-order chi connectivity index (χ1) is 4.33. The lowest BCUT2D eigenvalue weighted by Gasteiger charge is -2.02. The SMILES string of the molecule is C1=CC2(CC2)[Si]C12CC2. The second-order valence-electron chi connectivity index (χ2n) is 3.77. The van der Waals surface area contributed by atoms with Crippen molar-refractivity contribution in [2.24, 2.45) is 0 Å². The van der Waals surface area contributed by atoms with E-state index in [1.54, 1.807) is 0 Å². The van der Waals surface area contributed by atoms with E-state index in [0.29, 0.717) is 0 Å². The van der Waals surface area contributed by atoms with Crippen LogP contribution in [0.4, 0.5) is 0 Å². The van der Waals surface area contributed by atoms with Crippen molar-refractivity contribution in [3.05, 3.63) is 12.2 Å². The van der Waals surface area contributed by atoms with Crippen LogP contribution >= 0.6 is 0 Å². The standard InChI is InChI=1S/C8H10Si/c1-2-7(1)5-6-8(9-7)3-4-8/h5-6H,1-4H2. The van der Waals surface area contributed by atoms with Gasteiger partial charge >= 0.3 is 0 Å². The average molecular weight is 134 g/mol. The zero-order valence-electron chi connectivity index (χ0n) is 5.48. The lowest BCUT2D eigenvalue weighted by atomic mass is 10.3. The molecule has 1 aliphatic heterocycles. The first kappa shape index (κ1) is 4.72. The van der Waals surface area contributed by atoms with Crippen LogP contribution < -0.4 is 0 Å². The van der Waals surface area contributed by atoms with E-state index in [0.717, 1.165) is 10.1 Å². The molecule has 2 aliphatic carbocycles. The molecule has 2 saturated carbocycles. The highest BCUT2D eigenvalue weighted by Gasteiger charge is 2.56. The van der Waals surface area contributed by atoms with Crippen LogP contribution in [0.5, 0.6) is 0 Å². The van der Waals surface area contributed by atoms with E-state index in [1.165, 1.54) is 35.2 Å². The second-order valence-corrected chi connectivity index (χ2v) is 6.01. The predicted molar refractivity (Wildman–Crippen MR) is 38.7 cm³/mol. The van der Waals surface area contributed by atoms with Crippen LogP contribution in [0.3, 0.4) is 0 Å². The molecule has 3 aliphatic rings. The Hall–Kier alpha value is -0.0431. The van der Waals surface area contributed by atoms with Crippen LogP contribution in [0.25, 0.3) is 0 Å². The molecule has 9 heavy (non-hydrogen) atoms. The molecule has 1 heterocycles. The normalized spacial score (nSPS) is 38.2. The highest BCUT2D eigenvalue weighted by Crippen LogP contribution is 2.70. The molecule has 0 bridgehead atoms. The van der Waals surface area contributed by atoms with E-state index in [1.807, 2.05) is 0 Å². The summed E-state index contributed by atoms with van der Waals surface area (Å²) in [5.74, 6) is 0. The first-order valence-corrected chi connectivity index (χ1v) is 4.82. The zero-order valence-corrected chi connectivity index (χ0v) is 6.48. The summed E-state index contributed by atoms with van der Waals surface area (Å²) >= 11 is 0. The van der Waals surface area contributed by atoms with E-state index in [2.05, 4.69) is 12.2 Å². The van der Waals surface area contributed by atoms with Gasteiger partial charge in [0, 0.05) is 0 Å². The third-order valence-electron chi connectivity index (χ3n) is 2.80. The molecule has 0 saturated heterocycles. The summed E-state index contributed by atoms with van der Waals surface area (Å²) in [6.07, 6.45) is 11.0. The van der Waals surface area contributed by atoms with Gasteiger partial charge in [0.05, 0.1) is 9.52 Å². The van der Waals surface area contributed by atoms with Crippen molar-refractivity contribution in [3.63, 3.8) is 0 Å². The fourth-order valence-electron chi connectivity index (χ4n) is 1.75. The largest absolute Gasteiger partial charge is 0.0853 e. The Morgan fingerprint density at radius 2 is 1.33 bits per heavy atom. The van der Waals surface area contributed by atoms with Gasteiger partial charge in [0.2, 0.25) is 0 Å². The molecule has 2 fully saturated rings. The monoisotopic (exact) mass is 134 g/mol. The molecule has 2 spiro atoms. The highest BCUT2D eigenvalue weighted by molar-refractivity contribution is 6.50. The molecular weight excluding hydrogens is 124 g/mol. The van der Waals surface area contributed by atoms with Gasteiger partial charge < -0.3 is 0 Å². The van der Waals surface area contributed by atoms with Gasteiger partial charge in [-0.1, -0.05) is 12.2 Å². The first-order valence-electron chi connectivity index (χ1n) is 3.82. The van der Waals surface area contributed by atoms with Crippen LogP contribution in [-0.4, -0.2) is 9.52 Å². The lowest BCUT2D eigenvalue weighted by Crippen LogP contribution is -2.00. The van der Waals surface area contributed by atoms with Crippen molar-refractivity contribution in [2.45, 2.75) is 35.8 Å². The maximum absolute atomic E-state index is 2.51. The minimum atomic E-state index is 0.788. The Bertz CT molecular complexity index is 165. The van der Waals surface area contributed by atoms with Crippen LogP contribution in [0.1, 0.15) is 25.7 Å². The van der Waals surface area contributed by atoms with Gasteiger partial charge in [0.1, 0.15) is 0 Å². The summed E-state index contributed by atoms with van der Waals surface area (Å²) in [6.45, 7) is 0. The van der Waals surface area contributed by atoms with Crippen LogP contribution in [0, 0.1) is 0 Å². The predicted octanol–water partition coefficient (Wildman–Crippen LogP) is 2.17. The van der Waals surface area contributed by atoms with Crippen molar-refractivity contribution in [3.8, 4) is 0 Å². The van der Waals surface area contributed by atoms with Gasteiger partial charge in [-0.2, -0.15) is 0 Å². The van der Waals surface area contributed by atoms with Crippen molar-refractivity contribution >= 4 is 9.52 Å². The van der Waals surface area contributed by atoms with E-state index >= 15 is 0 Å². The summed E-state index contributed by atoms with van der Waals surface area (Å²) in [4.78, 5) is 0. The summed E-state index contributed by atoms with van der Waals surface area (Å²) < 4.78 is 0. The molecule has 0 aromatic rings. The maximum Gasteiger partial charge on any atom is 0.0635 e.